The lowest BCUT2D eigenvalue weighted by molar-refractivity contribution is -0.125. The molecular formula is C22H21ClF2N6O. The van der Waals surface area contributed by atoms with Gasteiger partial charge in [0, 0.05) is 28.7 Å². The maximum absolute atomic E-state index is 12.7. The SMILES string of the molecule is CC[C@@](C)(Nc1nc(-c2c[nH]c3ncc(Cl)cc23)nc2ccccc12)C(=O)NCC(F)F. The van der Waals surface area contributed by atoms with Crippen LogP contribution in [0.15, 0.2) is 42.7 Å². The summed E-state index contributed by atoms with van der Waals surface area (Å²) in [6, 6.07) is 9.14. The fraction of sp³-hybridized carbons (Fsp3) is 0.273. The number of carbonyl (C=O) groups is 1. The summed E-state index contributed by atoms with van der Waals surface area (Å²) >= 11 is 6.13. The van der Waals surface area contributed by atoms with E-state index in [1.165, 1.54) is 0 Å². The van der Waals surface area contributed by atoms with E-state index in [0.29, 0.717) is 45.2 Å². The summed E-state index contributed by atoms with van der Waals surface area (Å²) in [5, 5.41) is 7.40. The second kappa shape index (κ2) is 8.66. The molecule has 10 heteroatoms. The van der Waals surface area contributed by atoms with Crippen LogP contribution in [0.25, 0.3) is 33.3 Å². The van der Waals surface area contributed by atoms with Crippen molar-refractivity contribution in [3.05, 3.63) is 47.7 Å². The number of halogens is 3. The molecule has 1 atom stereocenters. The van der Waals surface area contributed by atoms with Crippen LogP contribution in [0.2, 0.25) is 5.02 Å². The predicted molar refractivity (Wildman–Crippen MR) is 121 cm³/mol. The van der Waals surface area contributed by atoms with E-state index in [9.17, 15) is 13.6 Å². The maximum Gasteiger partial charge on any atom is 0.255 e. The van der Waals surface area contributed by atoms with Gasteiger partial charge in [0.1, 0.15) is 17.0 Å². The van der Waals surface area contributed by atoms with Crippen LogP contribution in [0, 0.1) is 0 Å². The normalized spacial score (nSPS) is 13.4. The van der Waals surface area contributed by atoms with Crippen molar-refractivity contribution < 1.29 is 13.6 Å². The van der Waals surface area contributed by atoms with Crippen LogP contribution in [0.4, 0.5) is 14.6 Å². The zero-order valence-corrected chi connectivity index (χ0v) is 18.2. The molecule has 0 aliphatic carbocycles. The molecule has 166 valence electrons. The number of anilines is 1. The van der Waals surface area contributed by atoms with E-state index in [1.54, 1.807) is 32.3 Å². The molecule has 7 nitrogen and oxygen atoms in total. The summed E-state index contributed by atoms with van der Waals surface area (Å²) < 4.78 is 25.2. The Morgan fingerprint density at radius 1 is 1.25 bits per heavy atom. The molecule has 32 heavy (non-hydrogen) atoms. The Hall–Kier alpha value is -3.33. The number of nitrogens with zero attached hydrogens (tertiary/aromatic N) is 3. The van der Waals surface area contributed by atoms with Gasteiger partial charge in [0.05, 0.1) is 17.1 Å². The maximum atomic E-state index is 12.7. The number of benzene rings is 1. The topological polar surface area (TPSA) is 95.6 Å². The first kappa shape index (κ1) is 21.9. The quantitative estimate of drug-likeness (QED) is 0.370. The number of para-hydroxylation sites is 1. The van der Waals surface area contributed by atoms with Gasteiger partial charge >= 0.3 is 0 Å². The number of aromatic amines is 1. The fourth-order valence-electron chi connectivity index (χ4n) is 3.39. The number of hydrogen-bond acceptors (Lipinski definition) is 5. The summed E-state index contributed by atoms with van der Waals surface area (Å²) in [6.45, 7) is 2.74. The van der Waals surface area contributed by atoms with Gasteiger partial charge in [-0.15, -0.1) is 0 Å². The number of amides is 1. The molecule has 0 spiro atoms. The van der Waals surface area contributed by atoms with Gasteiger partial charge in [-0.25, -0.2) is 23.7 Å². The van der Waals surface area contributed by atoms with Gasteiger partial charge in [0.15, 0.2) is 5.82 Å². The Bertz CT molecular complexity index is 1290. The second-order valence-electron chi connectivity index (χ2n) is 7.58. The van der Waals surface area contributed by atoms with E-state index < -0.39 is 24.4 Å². The summed E-state index contributed by atoms with van der Waals surface area (Å²) in [6.07, 6.45) is 1.01. The van der Waals surface area contributed by atoms with Crippen LogP contribution in [-0.4, -0.2) is 44.4 Å². The zero-order chi connectivity index (χ0) is 22.9. The van der Waals surface area contributed by atoms with Crippen molar-refractivity contribution in [2.75, 3.05) is 11.9 Å². The third-order valence-corrected chi connectivity index (χ3v) is 5.57. The summed E-state index contributed by atoms with van der Waals surface area (Å²) in [7, 11) is 0. The first-order valence-corrected chi connectivity index (χ1v) is 10.4. The predicted octanol–water partition coefficient (Wildman–Crippen LogP) is 4.79. The van der Waals surface area contributed by atoms with Gasteiger partial charge in [-0.2, -0.15) is 0 Å². The average molecular weight is 459 g/mol. The third kappa shape index (κ3) is 4.20. The van der Waals surface area contributed by atoms with Crippen LogP contribution in [0.5, 0.6) is 0 Å². The number of rotatable bonds is 7. The monoisotopic (exact) mass is 458 g/mol. The Morgan fingerprint density at radius 3 is 2.78 bits per heavy atom. The van der Waals surface area contributed by atoms with Crippen LogP contribution < -0.4 is 10.6 Å². The lowest BCUT2D eigenvalue weighted by atomic mass is 9.97. The van der Waals surface area contributed by atoms with Crippen molar-refractivity contribution in [3.63, 3.8) is 0 Å². The van der Waals surface area contributed by atoms with Gasteiger partial charge in [-0.05, 0) is 31.5 Å². The molecule has 4 rings (SSSR count). The second-order valence-corrected chi connectivity index (χ2v) is 8.01. The molecule has 0 bridgehead atoms. The van der Waals surface area contributed by atoms with Crippen LogP contribution >= 0.6 is 11.6 Å². The molecule has 3 heterocycles. The molecule has 0 radical (unpaired) electrons. The standard InChI is InChI=1S/C22H21ClF2N6O/c1-3-22(2,21(32)28-11-17(24)25)31-20-13-6-4-5-7-16(13)29-19(30-20)15-10-27-18-14(15)8-12(23)9-26-18/h4-10,17H,3,11H2,1-2H3,(H,26,27)(H,28,32)(H,29,30,31)/t22-/m1/s1. The number of nitrogens with one attached hydrogen (secondary N) is 3. The number of H-pyrrole nitrogens is 1. The average Bonchev–Trinajstić information content (AvgIpc) is 3.20. The van der Waals surface area contributed by atoms with Gasteiger partial charge in [0.2, 0.25) is 5.91 Å². The summed E-state index contributed by atoms with van der Waals surface area (Å²) in [5.41, 5.74) is 0.842. The number of alkyl halides is 2. The minimum atomic E-state index is -2.63. The first-order valence-electron chi connectivity index (χ1n) is 10.0. The molecule has 0 saturated carbocycles. The molecule has 3 aromatic heterocycles. The van der Waals surface area contributed by atoms with Gasteiger partial charge in [-0.1, -0.05) is 30.7 Å². The lowest BCUT2D eigenvalue weighted by Crippen LogP contribution is -2.51. The van der Waals surface area contributed by atoms with Crippen molar-refractivity contribution in [1.29, 1.82) is 0 Å². The minimum Gasteiger partial charge on any atom is -0.356 e. The van der Waals surface area contributed by atoms with E-state index in [-0.39, 0.29) is 0 Å². The van der Waals surface area contributed by atoms with Crippen molar-refractivity contribution in [3.8, 4) is 11.4 Å². The van der Waals surface area contributed by atoms with Crippen molar-refractivity contribution in [2.45, 2.75) is 32.2 Å². The van der Waals surface area contributed by atoms with E-state index >= 15 is 0 Å². The van der Waals surface area contributed by atoms with Crippen molar-refractivity contribution in [1.82, 2.24) is 25.3 Å². The number of carbonyl (C=O) groups excluding carboxylic acids is 1. The fourth-order valence-corrected chi connectivity index (χ4v) is 3.55. The summed E-state index contributed by atoms with van der Waals surface area (Å²) in [5.74, 6) is 0.298. The molecular weight excluding hydrogens is 438 g/mol. The molecule has 1 amide bonds. The highest BCUT2D eigenvalue weighted by Gasteiger charge is 2.32. The van der Waals surface area contributed by atoms with Crippen LogP contribution in [0.1, 0.15) is 20.3 Å². The number of hydrogen-bond donors (Lipinski definition) is 3. The van der Waals surface area contributed by atoms with Crippen molar-refractivity contribution in [2.24, 2.45) is 0 Å². The highest BCUT2D eigenvalue weighted by Crippen LogP contribution is 2.32. The highest BCUT2D eigenvalue weighted by atomic mass is 35.5. The Labute approximate surface area is 187 Å². The molecule has 4 aromatic rings. The van der Waals surface area contributed by atoms with E-state index in [1.807, 2.05) is 24.3 Å². The minimum absolute atomic E-state index is 0.350. The lowest BCUT2D eigenvalue weighted by Gasteiger charge is -2.29. The molecule has 0 fully saturated rings. The van der Waals surface area contributed by atoms with Crippen LogP contribution in [0.3, 0.4) is 0 Å². The Balaban J connectivity index is 1.80. The van der Waals surface area contributed by atoms with Crippen LogP contribution in [-0.2, 0) is 4.79 Å². The first-order chi connectivity index (χ1) is 15.3. The van der Waals surface area contributed by atoms with Gasteiger partial charge in [0.25, 0.3) is 6.43 Å². The molecule has 0 aliphatic heterocycles. The zero-order valence-electron chi connectivity index (χ0n) is 17.4. The van der Waals surface area contributed by atoms with E-state index in [4.69, 9.17) is 16.6 Å². The van der Waals surface area contributed by atoms with E-state index in [2.05, 4.69) is 25.6 Å². The van der Waals surface area contributed by atoms with Gasteiger partial charge < -0.3 is 15.6 Å². The van der Waals surface area contributed by atoms with Gasteiger partial charge in [-0.3, -0.25) is 4.79 Å². The molecule has 3 N–H and O–H groups in total. The highest BCUT2D eigenvalue weighted by molar-refractivity contribution is 6.31. The van der Waals surface area contributed by atoms with E-state index in [0.717, 1.165) is 5.39 Å². The number of fused-ring (bicyclic) bond motifs is 2. The molecule has 0 unspecified atom stereocenters. The van der Waals surface area contributed by atoms with Crippen molar-refractivity contribution >= 4 is 45.3 Å². The largest absolute Gasteiger partial charge is 0.356 e. The summed E-state index contributed by atoms with van der Waals surface area (Å²) in [4.78, 5) is 29.4. The molecule has 1 aromatic carbocycles. The number of aromatic nitrogens is 4. The molecule has 0 aliphatic rings. The Kier molecular flexibility index (Phi) is 5.92. The number of pyridine rings is 1. The third-order valence-electron chi connectivity index (χ3n) is 5.36. The molecule has 0 saturated heterocycles. The Morgan fingerprint density at radius 2 is 2.03 bits per heavy atom. The smallest absolute Gasteiger partial charge is 0.255 e.